The molecule has 0 radical (unpaired) electrons. The van der Waals surface area contributed by atoms with Crippen molar-refractivity contribution in [1.82, 2.24) is 0 Å². The Morgan fingerprint density at radius 2 is 1.69 bits per heavy atom. The van der Waals surface area contributed by atoms with Gasteiger partial charge in [-0.25, -0.2) is 0 Å². The van der Waals surface area contributed by atoms with Crippen LogP contribution in [0.1, 0.15) is 42.9 Å². The summed E-state index contributed by atoms with van der Waals surface area (Å²) in [5.74, 6) is 2.31. The Labute approximate surface area is 95.5 Å². The lowest BCUT2D eigenvalue weighted by Gasteiger charge is -2.30. The van der Waals surface area contributed by atoms with Crippen LogP contribution in [-0.2, 0) is 0 Å². The molecule has 3 nitrogen and oxygen atoms in total. The van der Waals surface area contributed by atoms with E-state index in [9.17, 15) is 0 Å². The molecule has 1 heterocycles. The molecule has 1 aliphatic heterocycles. The fourth-order valence-electron chi connectivity index (χ4n) is 2.61. The Balaban J connectivity index is 2.11. The lowest BCUT2D eigenvalue weighted by molar-refractivity contribution is 0.170. The smallest absolute Gasteiger partial charge is 0.161 e. The topological polar surface area (TPSA) is 44.5 Å². The highest BCUT2D eigenvalue weighted by Gasteiger charge is 2.25. The largest absolute Gasteiger partial charge is 0.486 e. The first kappa shape index (κ1) is 9.97. The van der Waals surface area contributed by atoms with Crippen LogP contribution in [0.25, 0.3) is 0 Å². The van der Waals surface area contributed by atoms with E-state index in [0.29, 0.717) is 19.1 Å². The van der Waals surface area contributed by atoms with Crippen molar-refractivity contribution in [2.75, 3.05) is 13.2 Å². The van der Waals surface area contributed by atoms with Crippen molar-refractivity contribution in [3.8, 4) is 11.5 Å². The van der Waals surface area contributed by atoms with Gasteiger partial charge in [0.15, 0.2) is 11.5 Å². The average Bonchev–Trinajstić information content (AvgIpc) is 2.32. The van der Waals surface area contributed by atoms with Gasteiger partial charge in [0.2, 0.25) is 0 Å². The van der Waals surface area contributed by atoms with Crippen molar-refractivity contribution in [2.24, 2.45) is 5.73 Å². The van der Waals surface area contributed by atoms with Crippen LogP contribution in [0.2, 0.25) is 0 Å². The normalized spacial score (nSPS) is 27.4. The Kier molecular flexibility index (Phi) is 2.28. The van der Waals surface area contributed by atoms with Gasteiger partial charge in [-0.2, -0.15) is 0 Å². The van der Waals surface area contributed by atoms with E-state index < -0.39 is 0 Å². The molecule has 0 fully saturated rings. The summed E-state index contributed by atoms with van der Waals surface area (Å²) in [6, 6.07) is 4.35. The minimum Gasteiger partial charge on any atom is -0.486 e. The molecule has 2 unspecified atom stereocenters. The van der Waals surface area contributed by atoms with E-state index in [1.54, 1.807) is 0 Å². The standard InChI is InChI=1S/C13H17NO2/c1-8-2-3-11(14)10-7-13-12(6-9(8)10)15-4-5-16-13/h6-8,11H,2-5,14H2,1H3. The second kappa shape index (κ2) is 3.67. The molecule has 0 spiro atoms. The van der Waals surface area contributed by atoms with Crippen LogP contribution >= 0.6 is 0 Å². The molecule has 0 saturated carbocycles. The Bertz CT molecular complexity index is 378. The van der Waals surface area contributed by atoms with E-state index in [2.05, 4.69) is 19.1 Å². The summed E-state index contributed by atoms with van der Waals surface area (Å²) in [5, 5.41) is 0. The summed E-state index contributed by atoms with van der Waals surface area (Å²) in [6.45, 7) is 3.53. The first-order valence-corrected chi connectivity index (χ1v) is 5.94. The van der Waals surface area contributed by atoms with Gasteiger partial charge in [0.25, 0.3) is 0 Å². The molecule has 3 rings (SSSR count). The molecule has 16 heavy (non-hydrogen) atoms. The fraction of sp³-hybridized carbons (Fsp3) is 0.538. The van der Waals surface area contributed by atoms with Crippen molar-refractivity contribution >= 4 is 0 Å². The maximum absolute atomic E-state index is 6.15. The third-order valence-electron chi connectivity index (χ3n) is 3.59. The van der Waals surface area contributed by atoms with Crippen LogP contribution in [0.3, 0.4) is 0 Å². The highest BCUT2D eigenvalue weighted by Crippen LogP contribution is 2.42. The Morgan fingerprint density at radius 1 is 1.06 bits per heavy atom. The van der Waals surface area contributed by atoms with Crippen molar-refractivity contribution in [2.45, 2.75) is 31.7 Å². The average molecular weight is 219 g/mol. The van der Waals surface area contributed by atoms with Crippen LogP contribution in [0, 0.1) is 0 Å². The molecule has 0 aromatic heterocycles. The zero-order valence-corrected chi connectivity index (χ0v) is 9.53. The van der Waals surface area contributed by atoms with Crippen LogP contribution in [-0.4, -0.2) is 13.2 Å². The summed E-state index contributed by atoms with van der Waals surface area (Å²) >= 11 is 0. The number of nitrogens with two attached hydrogens (primary N) is 1. The minimum atomic E-state index is 0.155. The maximum atomic E-state index is 6.15. The molecule has 2 aliphatic rings. The number of hydrogen-bond acceptors (Lipinski definition) is 3. The summed E-state index contributed by atoms with van der Waals surface area (Å²) in [4.78, 5) is 0. The van der Waals surface area contributed by atoms with Crippen molar-refractivity contribution in [3.05, 3.63) is 23.3 Å². The lowest BCUT2D eigenvalue weighted by Crippen LogP contribution is -2.22. The highest BCUT2D eigenvalue weighted by molar-refractivity contribution is 5.51. The summed E-state index contributed by atoms with van der Waals surface area (Å²) < 4.78 is 11.2. The van der Waals surface area contributed by atoms with Crippen LogP contribution in [0.4, 0.5) is 0 Å². The second-order valence-electron chi connectivity index (χ2n) is 4.71. The van der Waals surface area contributed by atoms with E-state index in [4.69, 9.17) is 15.2 Å². The second-order valence-corrected chi connectivity index (χ2v) is 4.71. The lowest BCUT2D eigenvalue weighted by atomic mass is 9.81. The maximum Gasteiger partial charge on any atom is 0.161 e. The molecule has 86 valence electrons. The number of fused-ring (bicyclic) bond motifs is 2. The van der Waals surface area contributed by atoms with Crippen LogP contribution in [0.15, 0.2) is 12.1 Å². The quantitative estimate of drug-likeness (QED) is 0.728. The molecule has 1 aromatic carbocycles. The van der Waals surface area contributed by atoms with Crippen molar-refractivity contribution in [1.29, 1.82) is 0 Å². The van der Waals surface area contributed by atoms with Crippen molar-refractivity contribution < 1.29 is 9.47 Å². The van der Waals surface area contributed by atoms with Gasteiger partial charge in [0, 0.05) is 6.04 Å². The van der Waals surface area contributed by atoms with Gasteiger partial charge in [0.05, 0.1) is 0 Å². The molecule has 2 N–H and O–H groups in total. The van der Waals surface area contributed by atoms with E-state index in [1.165, 1.54) is 11.1 Å². The number of rotatable bonds is 0. The Morgan fingerprint density at radius 3 is 2.38 bits per heavy atom. The fourth-order valence-corrected chi connectivity index (χ4v) is 2.61. The Hall–Kier alpha value is -1.22. The number of ether oxygens (including phenoxy) is 2. The molecular formula is C13H17NO2. The SMILES string of the molecule is CC1CCC(N)c2cc3c(cc21)OCCO3. The predicted octanol–water partition coefficient (Wildman–Crippen LogP) is 2.35. The number of hydrogen-bond donors (Lipinski definition) is 1. The van der Waals surface area contributed by atoms with Crippen molar-refractivity contribution in [3.63, 3.8) is 0 Å². The molecule has 2 atom stereocenters. The van der Waals surface area contributed by atoms with Crippen LogP contribution in [0.5, 0.6) is 11.5 Å². The zero-order valence-electron chi connectivity index (χ0n) is 9.53. The predicted molar refractivity (Wildman–Crippen MR) is 62.0 cm³/mol. The molecule has 0 amide bonds. The first-order valence-electron chi connectivity index (χ1n) is 5.94. The molecule has 1 aromatic rings. The molecule has 3 heteroatoms. The van der Waals surface area contributed by atoms with Gasteiger partial charge < -0.3 is 15.2 Å². The summed E-state index contributed by atoms with van der Waals surface area (Å²) in [5.41, 5.74) is 8.72. The van der Waals surface area contributed by atoms with E-state index >= 15 is 0 Å². The number of benzene rings is 1. The van der Waals surface area contributed by atoms with Gasteiger partial charge >= 0.3 is 0 Å². The summed E-state index contributed by atoms with van der Waals surface area (Å²) in [7, 11) is 0. The highest BCUT2D eigenvalue weighted by atomic mass is 16.6. The minimum absolute atomic E-state index is 0.155. The molecule has 0 saturated heterocycles. The molecule has 0 bridgehead atoms. The van der Waals surface area contributed by atoms with Gasteiger partial charge in [-0.05, 0) is 42.0 Å². The van der Waals surface area contributed by atoms with Crippen LogP contribution < -0.4 is 15.2 Å². The zero-order chi connectivity index (χ0) is 11.1. The third kappa shape index (κ3) is 1.47. The van der Waals surface area contributed by atoms with E-state index in [0.717, 1.165) is 24.3 Å². The first-order chi connectivity index (χ1) is 7.75. The monoisotopic (exact) mass is 219 g/mol. The summed E-state index contributed by atoms with van der Waals surface area (Å²) in [6.07, 6.45) is 2.22. The van der Waals surface area contributed by atoms with Gasteiger partial charge in [0.1, 0.15) is 13.2 Å². The van der Waals surface area contributed by atoms with Gasteiger partial charge in [-0.1, -0.05) is 6.92 Å². The van der Waals surface area contributed by atoms with E-state index in [-0.39, 0.29) is 6.04 Å². The van der Waals surface area contributed by atoms with Gasteiger partial charge in [-0.3, -0.25) is 0 Å². The third-order valence-corrected chi connectivity index (χ3v) is 3.59. The van der Waals surface area contributed by atoms with Gasteiger partial charge in [-0.15, -0.1) is 0 Å². The molecular weight excluding hydrogens is 202 g/mol. The molecule has 1 aliphatic carbocycles. The van der Waals surface area contributed by atoms with E-state index in [1.807, 2.05) is 0 Å².